The van der Waals surface area contributed by atoms with E-state index in [1.165, 1.54) is 24.5 Å². The third-order valence-corrected chi connectivity index (χ3v) is 4.48. The van der Waals surface area contributed by atoms with E-state index in [0.717, 1.165) is 0 Å². The minimum Gasteiger partial charge on any atom is -0.493 e. The molecule has 130 valence electrons. The smallest absolute Gasteiger partial charge is 0.311 e. The third-order valence-electron chi connectivity index (χ3n) is 3.60. The molecule has 0 amide bonds. The summed E-state index contributed by atoms with van der Waals surface area (Å²) < 4.78 is 11.7. The van der Waals surface area contributed by atoms with Gasteiger partial charge in [0.2, 0.25) is 11.7 Å². The number of carbonyl (C=O) groups is 2. The lowest BCUT2D eigenvalue weighted by Crippen LogP contribution is -2.10. The van der Waals surface area contributed by atoms with Crippen LogP contribution in [0.25, 0.3) is 11.0 Å². The molecule has 0 fully saturated rings. The van der Waals surface area contributed by atoms with Gasteiger partial charge in [-0.1, -0.05) is 12.2 Å². The summed E-state index contributed by atoms with van der Waals surface area (Å²) in [5.74, 6) is -0.654. The average molecular weight is 360 g/mol. The highest BCUT2D eigenvalue weighted by Crippen LogP contribution is 2.29. The van der Waals surface area contributed by atoms with E-state index < -0.39 is 0 Å². The zero-order valence-electron chi connectivity index (χ0n) is 13.7. The summed E-state index contributed by atoms with van der Waals surface area (Å²) in [6.45, 7) is 2.03. The van der Waals surface area contributed by atoms with Gasteiger partial charge in [-0.15, -0.1) is 11.3 Å². The maximum Gasteiger partial charge on any atom is 0.311 e. The number of esters is 1. The summed E-state index contributed by atoms with van der Waals surface area (Å²) >= 11 is 1.29. The van der Waals surface area contributed by atoms with E-state index in [1.807, 2.05) is 0 Å². The molecule has 7 nitrogen and oxygen atoms in total. The fraction of sp³-hybridized carbons (Fsp3) is 0.235. The molecule has 2 aromatic heterocycles. The predicted octanol–water partition coefficient (Wildman–Crippen LogP) is 2.26. The number of rotatable bonds is 5. The first kappa shape index (κ1) is 17.0. The molecule has 1 aliphatic carbocycles. The minimum absolute atomic E-state index is 0.0484. The summed E-state index contributed by atoms with van der Waals surface area (Å²) in [6, 6.07) is 0. The summed E-state index contributed by atoms with van der Waals surface area (Å²) in [4.78, 5) is 28.7. The summed E-state index contributed by atoms with van der Waals surface area (Å²) in [6.07, 6.45) is 6.46. The second kappa shape index (κ2) is 6.94. The van der Waals surface area contributed by atoms with E-state index in [1.54, 1.807) is 34.9 Å². The lowest BCUT2D eigenvalue weighted by Gasteiger charge is -2.09. The number of fused-ring (bicyclic) bond motifs is 1. The van der Waals surface area contributed by atoms with Crippen LogP contribution in [0.3, 0.4) is 0 Å². The Morgan fingerprint density at radius 2 is 2.28 bits per heavy atom. The van der Waals surface area contributed by atoms with Gasteiger partial charge in [-0.05, 0) is 19.1 Å². The first-order valence-electron chi connectivity index (χ1n) is 7.57. The van der Waals surface area contributed by atoms with E-state index in [4.69, 9.17) is 9.47 Å². The van der Waals surface area contributed by atoms with Crippen molar-refractivity contribution in [2.75, 3.05) is 13.7 Å². The highest BCUT2D eigenvalue weighted by molar-refractivity contribution is 7.15. The molecule has 0 aliphatic heterocycles. The Kier molecular flexibility index (Phi) is 4.71. The standard InChI is InChI=1S/C17H16N2O5S/c1-3-24-14(20)8-11-9-25-17-18-16(22)12(19(11)17)7-10-5-4-6-13(23-2)15(10)21/h4-7,9,22H,3,8H2,1-2H3. The second-order valence-electron chi connectivity index (χ2n) is 5.17. The maximum absolute atomic E-state index is 12.3. The number of allylic oxidation sites excluding steroid dienone is 4. The van der Waals surface area contributed by atoms with E-state index in [-0.39, 0.29) is 29.8 Å². The first-order chi connectivity index (χ1) is 12.0. The molecule has 2 aromatic rings. The number of ketones is 1. The number of aromatic nitrogens is 2. The molecule has 0 saturated heterocycles. The normalized spacial score (nSPS) is 15.7. The number of hydrogen-bond donors (Lipinski definition) is 1. The number of nitrogens with zero attached hydrogens (tertiary/aromatic N) is 2. The van der Waals surface area contributed by atoms with Crippen LogP contribution in [0, 0.1) is 0 Å². The molecule has 8 heteroatoms. The molecule has 3 rings (SSSR count). The quantitative estimate of drug-likeness (QED) is 0.650. The van der Waals surface area contributed by atoms with Gasteiger partial charge >= 0.3 is 5.97 Å². The predicted molar refractivity (Wildman–Crippen MR) is 92.3 cm³/mol. The van der Waals surface area contributed by atoms with Crippen LogP contribution >= 0.6 is 11.3 Å². The number of hydrogen-bond acceptors (Lipinski definition) is 7. The molecule has 0 saturated carbocycles. The van der Waals surface area contributed by atoms with Gasteiger partial charge < -0.3 is 14.6 Å². The van der Waals surface area contributed by atoms with Gasteiger partial charge in [0.15, 0.2) is 10.7 Å². The molecular weight excluding hydrogens is 344 g/mol. The Bertz CT molecular complexity index is 932. The molecule has 0 atom stereocenters. The molecule has 0 unspecified atom stereocenters. The van der Waals surface area contributed by atoms with Crippen LogP contribution in [0.1, 0.15) is 18.3 Å². The maximum atomic E-state index is 12.3. The van der Waals surface area contributed by atoms with Crippen LogP contribution in [0.5, 0.6) is 5.88 Å². The van der Waals surface area contributed by atoms with E-state index >= 15 is 0 Å². The van der Waals surface area contributed by atoms with Gasteiger partial charge in [-0.3, -0.25) is 14.0 Å². The highest BCUT2D eigenvalue weighted by Gasteiger charge is 2.21. The first-order valence-corrected chi connectivity index (χ1v) is 8.45. The highest BCUT2D eigenvalue weighted by atomic mass is 32.1. The lowest BCUT2D eigenvalue weighted by atomic mass is 10.0. The van der Waals surface area contributed by atoms with Crippen molar-refractivity contribution in [3.8, 4) is 5.88 Å². The fourth-order valence-corrected chi connectivity index (χ4v) is 3.39. The number of carbonyl (C=O) groups excluding carboxylic acids is 2. The van der Waals surface area contributed by atoms with E-state index in [0.29, 0.717) is 28.5 Å². The second-order valence-corrected chi connectivity index (χ2v) is 6.01. The third kappa shape index (κ3) is 3.20. The van der Waals surface area contributed by atoms with E-state index in [9.17, 15) is 14.7 Å². The topological polar surface area (TPSA) is 90.1 Å². The molecular formula is C17H16N2O5S. The Morgan fingerprint density at radius 3 is 3.00 bits per heavy atom. The minimum atomic E-state index is -0.368. The van der Waals surface area contributed by atoms with Crippen LogP contribution in [-0.4, -0.2) is 40.0 Å². The van der Waals surface area contributed by atoms with Crippen LogP contribution in [0.15, 0.2) is 34.9 Å². The molecule has 0 spiro atoms. The van der Waals surface area contributed by atoms with Crippen LogP contribution in [0.4, 0.5) is 0 Å². The summed E-state index contributed by atoms with van der Waals surface area (Å²) in [5, 5.41) is 11.9. The molecule has 0 radical (unpaired) electrons. The van der Waals surface area contributed by atoms with Crippen LogP contribution < -0.4 is 0 Å². The molecule has 1 aliphatic rings. The van der Waals surface area contributed by atoms with Gasteiger partial charge in [0, 0.05) is 16.6 Å². The zero-order chi connectivity index (χ0) is 18.0. The number of Topliss-reactive ketones (excluding diaryl/α,β-unsaturated/α-hetero) is 1. The van der Waals surface area contributed by atoms with Crippen molar-refractivity contribution < 1.29 is 24.2 Å². The van der Waals surface area contributed by atoms with Gasteiger partial charge in [-0.2, -0.15) is 4.98 Å². The average Bonchev–Trinajstić information content (AvgIpc) is 3.10. The Balaban J connectivity index is 2.03. The van der Waals surface area contributed by atoms with Crippen LogP contribution in [0.2, 0.25) is 0 Å². The Labute approximate surface area is 147 Å². The molecule has 2 heterocycles. The van der Waals surface area contributed by atoms with Crippen molar-refractivity contribution in [3.63, 3.8) is 0 Å². The van der Waals surface area contributed by atoms with E-state index in [2.05, 4.69) is 4.98 Å². The van der Waals surface area contributed by atoms with Crippen molar-refractivity contribution in [1.82, 2.24) is 9.38 Å². The van der Waals surface area contributed by atoms with Crippen molar-refractivity contribution >= 4 is 34.1 Å². The number of aromatic hydroxyl groups is 1. The lowest BCUT2D eigenvalue weighted by molar-refractivity contribution is -0.142. The Hall–Kier alpha value is -2.87. The number of imidazole rings is 1. The summed E-state index contributed by atoms with van der Waals surface area (Å²) in [7, 11) is 1.42. The number of thiazole rings is 1. The van der Waals surface area contributed by atoms with Gasteiger partial charge in [0.25, 0.3) is 0 Å². The number of ether oxygens (including phenoxy) is 2. The largest absolute Gasteiger partial charge is 0.493 e. The van der Waals surface area contributed by atoms with Gasteiger partial charge in [0.1, 0.15) is 5.69 Å². The van der Waals surface area contributed by atoms with Crippen molar-refractivity contribution in [2.24, 2.45) is 0 Å². The molecule has 1 N–H and O–H groups in total. The fourth-order valence-electron chi connectivity index (χ4n) is 2.50. The zero-order valence-corrected chi connectivity index (χ0v) is 14.5. The molecule has 0 bridgehead atoms. The van der Waals surface area contributed by atoms with Gasteiger partial charge in [-0.25, -0.2) is 0 Å². The SMILES string of the molecule is CCOC(=O)Cc1csc2nc(O)c(C=C3C=CC=C(OC)C3=O)n12. The molecule has 0 aromatic carbocycles. The summed E-state index contributed by atoms with van der Waals surface area (Å²) in [5.41, 5.74) is 1.32. The van der Waals surface area contributed by atoms with Crippen molar-refractivity contribution in [3.05, 3.63) is 46.3 Å². The Morgan fingerprint density at radius 1 is 1.48 bits per heavy atom. The molecule has 25 heavy (non-hydrogen) atoms. The monoisotopic (exact) mass is 360 g/mol. The van der Waals surface area contributed by atoms with Crippen molar-refractivity contribution in [1.29, 1.82) is 0 Å². The van der Waals surface area contributed by atoms with Gasteiger partial charge in [0.05, 0.1) is 20.1 Å². The van der Waals surface area contributed by atoms with Crippen LogP contribution in [-0.2, 0) is 25.5 Å². The number of methoxy groups -OCH3 is 1. The van der Waals surface area contributed by atoms with Crippen molar-refractivity contribution in [2.45, 2.75) is 13.3 Å².